The summed E-state index contributed by atoms with van der Waals surface area (Å²) in [4.78, 5) is 24.8. The summed E-state index contributed by atoms with van der Waals surface area (Å²) in [5.41, 5.74) is 0.781. The molecule has 2 aliphatic rings. The van der Waals surface area contributed by atoms with Crippen LogP contribution in [-0.2, 0) is 4.79 Å². The highest BCUT2D eigenvalue weighted by molar-refractivity contribution is 5.96. The molecule has 1 saturated carbocycles. The van der Waals surface area contributed by atoms with Crippen molar-refractivity contribution < 1.29 is 14.5 Å². The first-order valence-corrected chi connectivity index (χ1v) is 8.97. The fraction of sp³-hybridized carbons (Fsp3) is 0.611. The number of fused-ring (bicyclic) bond motifs is 1. The number of likely N-dealkylation sites (N-methyl/N-ethyl adjacent to an activating group) is 1. The molecule has 1 heterocycles. The van der Waals surface area contributed by atoms with Gasteiger partial charge >= 0.3 is 0 Å². The third-order valence-electron chi connectivity index (χ3n) is 5.55. The molecule has 0 bridgehead atoms. The highest BCUT2D eigenvalue weighted by Crippen LogP contribution is 2.40. The van der Waals surface area contributed by atoms with Crippen LogP contribution >= 0.6 is 0 Å². The standard InChI is InChI=1S/C18H26N4O4/c1-12-5-4-6-18(9-12,21(2)3)11-19-13-7-14-16(8-15(13)22(24)25)26-10-17(23)20-14/h7-8,12,19H,4-6,9-11H2,1-3H3,(H,20,23). The van der Waals surface area contributed by atoms with Gasteiger partial charge in [0, 0.05) is 12.1 Å². The zero-order valence-electron chi connectivity index (χ0n) is 15.5. The van der Waals surface area contributed by atoms with E-state index in [4.69, 9.17) is 4.74 Å². The van der Waals surface area contributed by atoms with Gasteiger partial charge < -0.3 is 20.3 Å². The Balaban J connectivity index is 1.87. The van der Waals surface area contributed by atoms with Crippen molar-refractivity contribution in [2.24, 2.45) is 5.92 Å². The number of anilines is 2. The van der Waals surface area contributed by atoms with Crippen molar-refractivity contribution in [2.75, 3.05) is 37.9 Å². The van der Waals surface area contributed by atoms with E-state index in [1.807, 2.05) is 0 Å². The summed E-state index contributed by atoms with van der Waals surface area (Å²) < 4.78 is 5.30. The Labute approximate surface area is 153 Å². The van der Waals surface area contributed by atoms with E-state index in [0.29, 0.717) is 29.6 Å². The maximum Gasteiger partial charge on any atom is 0.296 e. The van der Waals surface area contributed by atoms with Gasteiger partial charge in [-0.3, -0.25) is 14.9 Å². The number of ether oxygens (including phenoxy) is 1. The summed E-state index contributed by atoms with van der Waals surface area (Å²) in [7, 11) is 4.13. The van der Waals surface area contributed by atoms with E-state index in [0.717, 1.165) is 19.3 Å². The molecular formula is C18H26N4O4. The third-order valence-corrected chi connectivity index (χ3v) is 5.55. The Morgan fingerprint density at radius 2 is 2.23 bits per heavy atom. The largest absolute Gasteiger partial charge is 0.481 e. The molecule has 8 heteroatoms. The van der Waals surface area contributed by atoms with Gasteiger partial charge in [-0.2, -0.15) is 0 Å². The van der Waals surface area contributed by atoms with Crippen molar-refractivity contribution in [1.82, 2.24) is 4.90 Å². The normalized spacial score (nSPS) is 25.2. The predicted molar refractivity (Wildman–Crippen MR) is 99.8 cm³/mol. The van der Waals surface area contributed by atoms with E-state index >= 15 is 0 Å². The van der Waals surface area contributed by atoms with Crippen molar-refractivity contribution >= 4 is 23.0 Å². The average molecular weight is 362 g/mol. The Morgan fingerprint density at radius 3 is 2.88 bits per heavy atom. The van der Waals surface area contributed by atoms with Crippen LogP contribution in [0.25, 0.3) is 0 Å². The van der Waals surface area contributed by atoms with Gasteiger partial charge in [-0.1, -0.05) is 19.8 Å². The second kappa shape index (κ2) is 7.11. The van der Waals surface area contributed by atoms with E-state index in [1.54, 1.807) is 6.07 Å². The number of rotatable bonds is 5. The molecule has 8 nitrogen and oxygen atoms in total. The average Bonchev–Trinajstić information content (AvgIpc) is 2.58. The topological polar surface area (TPSA) is 96.7 Å². The minimum atomic E-state index is -0.422. The lowest BCUT2D eigenvalue weighted by Crippen LogP contribution is -2.52. The number of carbonyl (C=O) groups excluding carboxylic acids is 1. The number of nitrogens with zero attached hydrogens (tertiary/aromatic N) is 2. The Bertz CT molecular complexity index is 721. The van der Waals surface area contributed by atoms with Crippen LogP contribution in [0, 0.1) is 16.0 Å². The molecule has 1 amide bonds. The molecule has 0 aromatic heterocycles. The van der Waals surface area contributed by atoms with Crippen LogP contribution in [-0.4, -0.2) is 48.5 Å². The fourth-order valence-corrected chi connectivity index (χ4v) is 4.03. The molecule has 142 valence electrons. The smallest absolute Gasteiger partial charge is 0.296 e. The lowest BCUT2D eigenvalue weighted by molar-refractivity contribution is -0.384. The molecule has 2 atom stereocenters. The first kappa shape index (κ1) is 18.4. The first-order valence-electron chi connectivity index (χ1n) is 8.97. The lowest BCUT2D eigenvalue weighted by atomic mass is 9.75. The fourth-order valence-electron chi connectivity index (χ4n) is 4.03. The van der Waals surface area contributed by atoms with Gasteiger partial charge in [-0.25, -0.2) is 0 Å². The van der Waals surface area contributed by atoms with Crippen LogP contribution in [0.4, 0.5) is 17.1 Å². The van der Waals surface area contributed by atoms with Crippen molar-refractivity contribution in [3.8, 4) is 5.75 Å². The van der Waals surface area contributed by atoms with E-state index in [2.05, 4.69) is 36.6 Å². The maximum atomic E-state index is 11.5. The van der Waals surface area contributed by atoms with Crippen LogP contribution in [0.1, 0.15) is 32.6 Å². The summed E-state index contributed by atoms with van der Waals surface area (Å²) in [5, 5.41) is 17.5. The van der Waals surface area contributed by atoms with Gasteiger partial charge in [-0.05, 0) is 38.9 Å². The Morgan fingerprint density at radius 1 is 1.46 bits per heavy atom. The molecule has 3 rings (SSSR count). The lowest BCUT2D eigenvalue weighted by Gasteiger charge is -2.45. The quantitative estimate of drug-likeness (QED) is 0.617. The maximum absolute atomic E-state index is 11.5. The molecular weight excluding hydrogens is 336 g/mol. The molecule has 0 spiro atoms. The van der Waals surface area contributed by atoms with Crippen molar-refractivity contribution in [1.29, 1.82) is 0 Å². The van der Waals surface area contributed by atoms with Crippen LogP contribution in [0.2, 0.25) is 0 Å². The molecule has 26 heavy (non-hydrogen) atoms. The van der Waals surface area contributed by atoms with Gasteiger partial charge in [0.15, 0.2) is 12.4 Å². The molecule has 2 N–H and O–H groups in total. The minimum Gasteiger partial charge on any atom is -0.481 e. The number of hydrogen-bond acceptors (Lipinski definition) is 6. The van der Waals surface area contributed by atoms with Gasteiger partial charge in [0.1, 0.15) is 5.69 Å². The summed E-state index contributed by atoms with van der Waals surface area (Å²) in [6.07, 6.45) is 4.47. The molecule has 1 aromatic carbocycles. The summed E-state index contributed by atoms with van der Waals surface area (Å²) in [5.74, 6) is 0.692. The molecule has 2 unspecified atom stereocenters. The van der Waals surface area contributed by atoms with Gasteiger partial charge in [0.05, 0.1) is 16.7 Å². The highest BCUT2D eigenvalue weighted by Gasteiger charge is 2.37. The minimum absolute atomic E-state index is 0.0405. The predicted octanol–water partition coefficient (Wildman–Crippen LogP) is 2.85. The van der Waals surface area contributed by atoms with Crippen LogP contribution in [0.15, 0.2) is 12.1 Å². The zero-order valence-corrected chi connectivity index (χ0v) is 15.5. The van der Waals surface area contributed by atoms with Gasteiger partial charge in [0.2, 0.25) is 0 Å². The molecule has 1 aromatic rings. The number of amides is 1. The van der Waals surface area contributed by atoms with Crippen molar-refractivity contribution in [2.45, 2.75) is 38.1 Å². The van der Waals surface area contributed by atoms with E-state index in [9.17, 15) is 14.9 Å². The van der Waals surface area contributed by atoms with E-state index < -0.39 is 4.92 Å². The Kier molecular flexibility index (Phi) is 5.04. The number of benzene rings is 1. The first-order chi connectivity index (χ1) is 12.3. The monoisotopic (exact) mass is 362 g/mol. The molecule has 0 radical (unpaired) electrons. The Hall–Kier alpha value is -2.35. The summed E-state index contributed by atoms with van der Waals surface area (Å²) >= 11 is 0. The van der Waals surface area contributed by atoms with Crippen molar-refractivity contribution in [3.63, 3.8) is 0 Å². The number of nitro benzene ring substituents is 1. The third kappa shape index (κ3) is 3.60. The second-order valence-electron chi connectivity index (χ2n) is 7.63. The molecule has 1 aliphatic carbocycles. The molecule has 1 aliphatic heterocycles. The van der Waals surface area contributed by atoms with Gasteiger partial charge in [0.25, 0.3) is 11.6 Å². The van der Waals surface area contributed by atoms with Crippen molar-refractivity contribution in [3.05, 3.63) is 22.2 Å². The number of nitrogens with one attached hydrogen (secondary N) is 2. The second-order valence-corrected chi connectivity index (χ2v) is 7.63. The summed E-state index contributed by atoms with van der Waals surface area (Å²) in [6, 6.07) is 2.98. The van der Waals surface area contributed by atoms with Crippen LogP contribution < -0.4 is 15.4 Å². The van der Waals surface area contributed by atoms with Gasteiger partial charge in [-0.15, -0.1) is 0 Å². The van der Waals surface area contributed by atoms with Crippen LogP contribution in [0.3, 0.4) is 0 Å². The van der Waals surface area contributed by atoms with E-state index in [-0.39, 0.29) is 23.7 Å². The summed E-state index contributed by atoms with van der Waals surface area (Å²) in [6.45, 7) is 2.74. The highest BCUT2D eigenvalue weighted by atomic mass is 16.6. The SMILES string of the molecule is CC1CCCC(CNc2cc3c(cc2[N+](=O)[O-])OCC(=O)N3)(N(C)C)C1. The number of nitro groups is 1. The number of carbonyl (C=O) groups is 1. The molecule has 0 saturated heterocycles. The van der Waals surface area contributed by atoms with Crippen LogP contribution in [0.5, 0.6) is 5.75 Å². The van der Waals surface area contributed by atoms with E-state index in [1.165, 1.54) is 12.5 Å². The zero-order chi connectivity index (χ0) is 18.9. The number of hydrogen-bond donors (Lipinski definition) is 2. The molecule has 1 fully saturated rings.